The number of benzene rings is 10. The van der Waals surface area contributed by atoms with Gasteiger partial charge in [0.2, 0.25) is 21.4 Å². The molecule has 135 heavy (non-hydrogen) atoms. The second-order valence-corrected chi connectivity index (χ2v) is 32.9. The number of hydrogen-bond donors (Lipinski definition) is 3. The third kappa shape index (κ3) is 28.6. The summed E-state index contributed by atoms with van der Waals surface area (Å²) in [7, 11) is -0.894. The highest BCUT2D eigenvalue weighted by Crippen LogP contribution is 2.38. The number of rotatable bonds is 23. The summed E-state index contributed by atoms with van der Waals surface area (Å²) >= 11 is 0. The average Bonchev–Trinajstić information content (AvgIpc) is 0.756. The number of nitrogens with zero attached hydrogens (tertiary/aromatic N) is 15. The van der Waals surface area contributed by atoms with E-state index in [4.69, 9.17) is 70.8 Å². The van der Waals surface area contributed by atoms with E-state index in [0.29, 0.717) is 36.6 Å². The second kappa shape index (κ2) is 53.1. The summed E-state index contributed by atoms with van der Waals surface area (Å²) in [6, 6.07) is 54.6. The lowest BCUT2D eigenvalue weighted by molar-refractivity contribution is -2.00. The number of likely N-dealkylation sites (N-methyl/N-ethyl adjacent to an activating group) is 2. The maximum absolute atomic E-state index is 9.24. The first kappa shape index (κ1) is 112. The van der Waals surface area contributed by atoms with Crippen LogP contribution in [0.15, 0.2) is 186 Å². The highest BCUT2D eigenvalue weighted by atomic mass is 79.9. The number of hydrogen-bond acceptors (Lipinski definition) is 24. The Hall–Kier alpha value is -9.97. The largest absolute Gasteiger partial charge is 1.00 e. The van der Waals surface area contributed by atoms with E-state index in [0.717, 1.165) is 228 Å². The molecule has 7 aliphatic heterocycles. The van der Waals surface area contributed by atoms with Crippen molar-refractivity contribution in [3.8, 4) is 63.0 Å². The second-order valence-electron chi connectivity index (χ2n) is 32.1. The Labute approximate surface area is 836 Å². The van der Waals surface area contributed by atoms with Crippen LogP contribution in [-0.2, 0) is 0 Å². The van der Waals surface area contributed by atoms with Gasteiger partial charge in [0, 0.05) is 149 Å². The Balaban J connectivity index is 0.000000226. The number of aryl methyl sites for hydroxylation is 2. The van der Waals surface area contributed by atoms with Crippen LogP contribution in [0.3, 0.4) is 0 Å². The van der Waals surface area contributed by atoms with E-state index < -0.39 is 10.2 Å². The van der Waals surface area contributed by atoms with Gasteiger partial charge in [-0.05, 0) is 207 Å². The molecule has 1 saturated heterocycles. The third-order valence-corrected chi connectivity index (χ3v) is 24.0. The molecule has 728 valence electrons. The lowest BCUT2D eigenvalue weighted by atomic mass is 10.1. The molecule has 0 atom stereocenters. The maximum Gasteiger partial charge on any atom is 0.206 e. The number of halogens is 6. The summed E-state index contributed by atoms with van der Waals surface area (Å²) in [5, 5.41) is 31.1. The summed E-state index contributed by atoms with van der Waals surface area (Å²) in [6.07, 6.45) is 4.06. The van der Waals surface area contributed by atoms with E-state index >= 15 is 0 Å². The van der Waals surface area contributed by atoms with Gasteiger partial charge in [-0.15, -0.1) is 39.6 Å². The predicted molar refractivity (Wildman–Crippen MR) is 527 cm³/mol. The van der Waals surface area contributed by atoms with Crippen LogP contribution in [0.4, 0.5) is 28.4 Å². The first-order valence-electron chi connectivity index (χ1n) is 45.8. The third-order valence-electron chi connectivity index (χ3n) is 24.0. The molecule has 0 aromatic heterocycles. The Morgan fingerprint density at radius 3 is 1.27 bits per heavy atom. The monoisotopic (exact) mass is 2100 g/mol. The Bertz CT molecular complexity index is 6520. The Kier molecular flexibility index (Phi) is 44.1. The molecule has 0 saturated carbocycles. The van der Waals surface area contributed by atoms with Crippen LogP contribution >= 0.6 is 29.4 Å². The van der Waals surface area contributed by atoms with Crippen LogP contribution in [0.5, 0.6) is 5.75 Å². The van der Waals surface area contributed by atoms with Gasteiger partial charge in [-0.1, -0.05) is 6.42 Å². The fraction of sp³-hybridized carbons (Fsp3) is 0.406. The lowest BCUT2D eigenvalue weighted by Crippen LogP contribution is -3.00. The fourth-order valence-corrected chi connectivity index (χ4v) is 16.8. The molecule has 17 rings (SSSR count). The van der Waals surface area contributed by atoms with Gasteiger partial charge in [-0.2, -0.15) is 0 Å². The van der Waals surface area contributed by atoms with Crippen LogP contribution < -0.4 is 139 Å². The van der Waals surface area contributed by atoms with E-state index in [-0.39, 0.29) is 89.0 Å². The molecule has 28 nitrogen and oxygen atoms in total. The predicted octanol–water partition coefficient (Wildman–Crippen LogP) is 2.50. The number of aliphatic hydroxyl groups is 2. The quantitative estimate of drug-likeness (QED) is 0.0612. The van der Waals surface area contributed by atoms with E-state index in [1.807, 2.05) is 85.4 Å². The van der Waals surface area contributed by atoms with Crippen LogP contribution in [0, 0.1) is 29.5 Å². The summed E-state index contributed by atoms with van der Waals surface area (Å²) in [4.78, 5) is 37.6. The topological polar surface area (TPSA) is 327 Å². The van der Waals surface area contributed by atoms with Crippen molar-refractivity contribution in [3.05, 3.63) is 202 Å². The molecular formula is C101H130Br3Cl3N16O12. The van der Waals surface area contributed by atoms with Crippen molar-refractivity contribution in [1.29, 1.82) is 5.41 Å². The number of nitrogens with one attached hydrogen (secondary N) is 1. The van der Waals surface area contributed by atoms with E-state index in [9.17, 15) is 10.2 Å². The minimum absolute atomic E-state index is 0. The molecule has 0 amide bonds. The number of likely N-dealkylation sites (tertiary alicyclic amines) is 1. The smallest absolute Gasteiger partial charge is 0.206 e. The first-order chi connectivity index (χ1) is 62.8. The van der Waals surface area contributed by atoms with Crippen LogP contribution in [0.2, 0.25) is 0 Å². The summed E-state index contributed by atoms with van der Waals surface area (Å²) in [5.74, 6) is 4.75. The number of aliphatic hydroxyl groups excluding tert-OH is 2. The number of fused-ring (bicyclic) bond motifs is 11. The molecule has 0 unspecified atom stereocenters. The van der Waals surface area contributed by atoms with E-state index in [1.165, 1.54) is 70.9 Å². The lowest BCUT2D eigenvalue weighted by Gasteiger charge is -2.30. The Morgan fingerprint density at radius 1 is 0.415 bits per heavy atom. The molecule has 7 heterocycles. The van der Waals surface area contributed by atoms with Gasteiger partial charge in [0.1, 0.15) is 114 Å². The van der Waals surface area contributed by atoms with Gasteiger partial charge < -0.3 is 113 Å². The van der Waals surface area contributed by atoms with Crippen molar-refractivity contribution < 1.29 is 112 Å². The maximum atomic E-state index is 9.24. The normalized spacial score (nSPS) is 12.4. The molecule has 0 spiro atoms. The zero-order valence-electron chi connectivity index (χ0n) is 80.3. The minimum Gasteiger partial charge on any atom is -1.00 e. The molecule has 12 aliphatic rings. The van der Waals surface area contributed by atoms with Gasteiger partial charge >= 0.3 is 0 Å². The van der Waals surface area contributed by atoms with Crippen molar-refractivity contribution >= 4 is 113 Å². The van der Waals surface area contributed by atoms with Crippen molar-refractivity contribution in [3.63, 3.8) is 0 Å². The van der Waals surface area contributed by atoms with E-state index in [2.05, 4.69) is 230 Å². The minimum atomic E-state index is -4.94. The molecule has 34 heteroatoms. The van der Waals surface area contributed by atoms with Gasteiger partial charge in [0.15, 0.2) is 76.4 Å². The van der Waals surface area contributed by atoms with Gasteiger partial charge in [-0.25, -0.2) is 61.9 Å². The molecule has 5 aromatic carbocycles. The Morgan fingerprint density at radius 2 is 0.815 bits per heavy atom. The van der Waals surface area contributed by atoms with Crippen molar-refractivity contribution in [2.75, 3.05) is 183 Å². The summed E-state index contributed by atoms with van der Waals surface area (Å²) < 4.78 is 79.6. The summed E-state index contributed by atoms with van der Waals surface area (Å²) in [6.45, 7) is 49.0. The van der Waals surface area contributed by atoms with Gasteiger partial charge in [-0.3, -0.25) is 4.90 Å². The van der Waals surface area contributed by atoms with Crippen molar-refractivity contribution in [2.45, 2.75) is 116 Å². The SMILES string of the molecule is Br.CCN(CC)c1cc2oc3cc(=N)ccc-3nc2cc1C.CCN(CC)c1ccc2nc3ccc(=[N+](CC)CC)cc-3oc2c1.CCN(CC)c1ccc2nc3ccc(=[N+](CCO)CCO)cc-3oc2c1.CCN1CCOc2cc3nc4ccc(=[N+](CC)CCN5CCCCC5)cc-4oc3cc21.CC[N+](CC)=c1cc2oc3cc(N(C)C)ccc3nc-2cc1C.Cl.[Br-].[Br-].[Cl-].[O-][Cl+3]([O-])([O-])[O-]. The number of piperidine rings is 1. The first-order valence-corrected chi connectivity index (χ1v) is 47.0. The van der Waals surface area contributed by atoms with E-state index in [1.54, 1.807) is 12.1 Å². The van der Waals surface area contributed by atoms with Crippen LogP contribution in [0.25, 0.3) is 113 Å². The molecule has 5 aromatic rings. The number of anilines is 5. The summed E-state index contributed by atoms with van der Waals surface area (Å²) in [5.41, 5.74) is 20.6. The zero-order valence-corrected chi connectivity index (χ0v) is 87.5. The zero-order chi connectivity index (χ0) is 92.9. The highest BCUT2D eigenvalue weighted by molar-refractivity contribution is 8.93. The molecule has 0 radical (unpaired) electrons. The fourth-order valence-electron chi connectivity index (χ4n) is 16.8. The molecule has 1 fully saturated rings. The molecule has 3 N–H and O–H groups in total. The van der Waals surface area contributed by atoms with Crippen molar-refractivity contribution in [1.82, 2.24) is 48.1 Å². The number of ether oxygens (including phenoxy) is 1. The molecular weight excluding hydrogens is 1980 g/mol. The highest BCUT2D eigenvalue weighted by Gasteiger charge is 2.24. The molecule has 0 bridgehead atoms. The average molecular weight is 2110 g/mol. The van der Waals surface area contributed by atoms with Gasteiger partial charge in [0.05, 0.1) is 48.4 Å². The van der Waals surface area contributed by atoms with Crippen LogP contribution in [-0.4, -0.2) is 198 Å². The molecule has 5 aliphatic carbocycles. The van der Waals surface area contributed by atoms with Gasteiger partial charge in [0.25, 0.3) is 0 Å². The van der Waals surface area contributed by atoms with Crippen LogP contribution in [0.1, 0.15) is 113 Å². The number of aromatic nitrogens is 5. The van der Waals surface area contributed by atoms with Crippen molar-refractivity contribution in [2.24, 2.45) is 0 Å². The standard InChI is InChI=1S/C25H33N4O2.C20H26N3O3.C20H26N3O.C19H24N3O.C17H19N3O.3BrH.ClHO4.2ClH/c1-3-28(13-12-27-10-6-5-7-11-27)19-8-9-20-23(16-19)31-24-18-22-25(17-21(24)26-20)30-15-14-29(22)4-2;1-3-22(4-2)15-5-7-17-19(13-15)26-20-14-16(6-8-18(20)21-17)23(9-11-24)10-12-25;1-5-22(6-2)15-9-11-17-19(13-15)24-20-14-16(23(7-3)8-4)10-12-18(20)21-17;1-6-22(7-2)17-12-19-16(10-13(17)3)20-15-9-8-14(21(4)5)11-18(15)23-19;1-4-20(5-2)15-10-17-14(8-11(15)3)19-13-7-6-12(18)9-16(13)21-17;;;;2-1(3,4)5;;/h8-9,16-18H,3-7,10-15H2,1-2H3;5-8,13-14,24-25H,3-4,9-12H2,1-2H3;9-14H,5-8H2,1-4H3;8-12H,6-7H2,1-5H3;6-10,18H,4-5H2,1-3H3;3*1H;(H,2,3,4,5);2*1H/q4*+1;;;;;;;/p-4.